The lowest BCUT2D eigenvalue weighted by molar-refractivity contribution is 1.14. The van der Waals surface area contributed by atoms with Gasteiger partial charge in [-0.3, -0.25) is 0 Å². The first-order valence-electron chi connectivity index (χ1n) is 10.5. The summed E-state index contributed by atoms with van der Waals surface area (Å²) in [5, 5.41) is 1.27. The molecule has 0 atom stereocenters. The van der Waals surface area contributed by atoms with Crippen molar-refractivity contribution in [3.05, 3.63) is 103 Å². The Bertz CT molecular complexity index is 1410. The SMILES string of the molecule is CCc1ccc(-c2cccc(-c3cc4c5c(cccc5n3)-c3ccccc3-4)c2)cc1. The molecule has 0 spiro atoms. The lowest BCUT2D eigenvalue weighted by atomic mass is 9.98. The van der Waals surface area contributed by atoms with E-state index < -0.39 is 0 Å². The summed E-state index contributed by atoms with van der Waals surface area (Å²) in [5.74, 6) is 0. The van der Waals surface area contributed by atoms with Crippen LogP contribution in [0.25, 0.3) is 55.5 Å². The first-order valence-corrected chi connectivity index (χ1v) is 10.5. The van der Waals surface area contributed by atoms with Gasteiger partial charge in [0.2, 0.25) is 0 Å². The number of aryl methyl sites for hydroxylation is 1. The molecule has 0 N–H and O–H groups in total. The summed E-state index contributed by atoms with van der Waals surface area (Å²) < 4.78 is 0. The summed E-state index contributed by atoms with van der Waals surface area (Å²) in [4.78, 5) is 5.05. The lowest BCUT2D eigenvalue weighted by Crippen LogP contribution is -1.88. The van der Waals surface area contributed by atoms with Gasteiger partial charge >= 0.3 is 0 Å². The molecule has 0 radical (unpaired) electrons. The Kier molecular flexibility index (Phi) is 3.82. The number of fused-ring (bicyclic) bond motifs is 3. The van der Waals surface area contributed by atoms with Crippen molar-refractivity contribution in [2.45, 2.75) is 13.3 Å². The molecule has 1 aliphatic rings. The summed E-state index contributed by atoms with van der Waals surface area (Å²) >= 11 is 0. The van der Waals surface area contributed by atoms with E-state index in [4.69, 9.17) is 4.98 Å². The van der Waals surface area contributed by atoms with Crippen LogP contribution in [0.15, 0.2) is 97.1 Å². The number of rotatable bonds is 3. The zero-order valence-electron chi connectivity index (χ0n) is 16.9. The molecule has 4 aromatic carbocycles. The van der Waals surface area contributed by atoms with Crippen molar-refractivity contribution in [2.75, 3.05) is 0 Å². The van der Waals surface area contributed by atoms with E-state index in [0.717, 1.165) is 23.2 Å². The number of nitrogens with zero attached hydrogens (tertiary/aromatic N) is 1. The Morgan fingerprint density at radius 2 is 1.27 bits per heavy atom. The monoisotopic (exact) mass is 383 g/mol. The maximum Gasteiger partial charge on any atom is 0.0722 e. The van der Waals surface area contributed by atoms with Crippen LogP contribution >= 0.6 is 0 Å². The Balaban J connectivity index is 1.52. The van der Waals surface area contributed by atoms with Crippen molar-refractivity contribution < 1.29 is 0 Å². The third-order valence-electron chi connectivity index (χ3n) is 6.20. The van der Waals surface area contributed by atoms with Crippen molar-refractivity contribution in [1.29, 1.82) is 0 Å². The van der Waals surface area contributed by atoms with Gasteiger partial charge in [0.1, 0.15) is 0 Å². The Morgan fingerprint density at radius 1 is 0.567 bits per heavy atom. The van der Waals surface area contributed by atoms with Gasteiger partial charge in [0.15, 0.2) is 0 Å². The molecule has 6 rings (SSSR count). The minimum absolute atomic E-state index is 1.03. The van der Waals surface area contributed by atoms with Gasteiger partial charge in [-0.25, -0.2) is 4.98 Å². The Hall–Kier alpha value is -3.71. The molecule has 1 aromatic heterocycles. The molecule has 5 aromatic rings. The second kappa shape index (κ2) is 6.67. The molecule has 0 bridgehead atoms. The highest BCUT2D eigenvalue weighted by atomic mass is 14.7. The van der Waals surface area contributed by atoms with Gasteiger partial charge in [-0.15, -0.1) is 0 Å². The summed E-state index contributed by atoms with van der Waals surface area (Å²) in [6.07, 6.45) is 1.06. The quantitative estimate of drug-likeness (QED) is 0.304. The summed E-state index contributed by atoms with van der Waals surface area (Å²) in [7, 11) is 0. The van der Waals surface area contributed by atoms with E-state index in [1.807, 2.05) is 0 Å². The van der Waals surface area contributed by atoms with Crippen molar-refractivity contribution in [3.63, 3.8) is 0 Å². The Labute approximate surface area is 176 Å². The number of aromatic nitrogens is 1. The minimum atomic E-state index is 1.03. The first-order chi connectivity index (χ1) is 14.8. The van der Waals surface area contributed by atoms with Crippen molar-refractivity contribution >= 4 is 10.9 Å². The zero-order chi connectivity index (χ0) is 20.1. The predicted octanol–water partition coefficient (Wildman–Crippen LogP) is 7.78. The number of hydrogen-bond donors (Lipinski definition) is 0. The number of hydrogen-bond acceptors (Lipinski definition) is 1. The van der Waals surface area contributed by atoms with Crippen LogP contribution in [0.1, 0.15) is 12.5 Å². The third kappa shape index (κ3) is 2.59. The molecule has 30 heavy (non-hydrogen) atoms. The van der Waals surface area contributed by atoms with Crippen LogP contribution in [-0.2, 0) is 6.42 Å². The largest absolute Gasteiger partial charge is 0.248 e. The second-order valence-corrected chi connectivity index (χ2v) is 7.93. The van der Waals surface area contributed by atoms with E-state index in [0.29, 0.717) is 0 Å². The fourth-order valence-corrected chi connectivity index (χ4v) is 4.62. The van der Waals surface area contributed by atoms with E-state index in [2.05, 4.69) is 104 Å². The van der Waals surface area contributed by atoms with E-state index in [9.17, 15) is 0 Å². The standard InChI is InChI=1S/C29H21N/c1-2-19-13-15-20(16-14-19)21-7-5-8-22(17-21)28-18-26-24-10-4-3-9-23(24)25-11-6-12-27(30-28)29(25)26/h3-18H,2H2,1H3. The molecule has 142 valence electrons. The first kappa shape index (κ1) is 17.2. The van der Waals surface area contributed by atoms with Crippen LogP contribution < -0.4 is 0 Å². The molecule has 0 saturated carbocycles. The van der Waals surface area contributed by atoms with Crippen LogP contribution in [-0.4, -0.2) is 4.98 Å². The maximum absolute atomic E-state index is 5.05. The molecule has 0 unspecified atom stereocenters. The fraction of sp³-hybridized carbons (Fsp3) is 0.0690. The minimum Gasteiger partial charge on any atom is -0.248 e. The van der Waals surface area contributed by atoms with E-state index >= 15 is 0 Å². The van der Waals surface area contributed by atoms with E-state index in [-0.39, 0.29) is 0 Å². The van der Waals surface area contributed by atoms with Gasteiger partial charge < -0.3 is 0 Å². The lowest BCUT2D eigenvalue weighted by Gasteiger charge is -2.09. The highest BCUT2D eigenvalue weighted by molar-refractivity contribution is 6.14. The topological polar surface area (TPSA) is 12.9 Å². The van der Waals surface area contributed by atoms with Crippen molar-refractivity contribution in [2.24, 2.45) is 0 Å². The summed E-state index contributed by atoms with van der Waals surface area (Å²) in [6.45, 7) is 2.19. The molecule has 1 nitrogen and oxygen atoms in total. The average molecular weight is 383 g/mol. The smallest absolute Gasteiger partial charge is 0.0722 e. The molecular formula is C29H21N. The van der Waals surface area contributed by atoms with E-state index in [1.54, 1.807) is 0 Å². The zero-order valence-corrected chi connectivity index (χ0v) is 16.9. The molecule has 0 amide bonds. The normalized spacial score (nSPS) is 11.6. The molecule has 1 aliphatic carbocycles. The molecule has 1 heterocycles. The highest BCUT2D eigenvalue weighted by Gasteiger charge is 2.22. The van der Waals surface area contributed by atoms with Gasteiger partial charge in [0.05, 0.1) is 11.2 Å². The molecule has 1 heteroatoms. The number of benzene rings is 4. The maximum atomic E-state index is 5.05. The summed E-state index contributed by atoms with van der Waals surface area (Å²) in [5.41, 5.74) is 12.3. The molecule has 0 fully saturated rings. The van der Waals surface area contributed by atoms with Gasteiger partial charge in [0.25, 0.3) is 0 Å². The van der Waals surface area contributed by atoms with Gasteiger partial charge in [-0.05, 0) is 63.6 Å². The van der Waals surface area contributed by atoms with Gasteiger partial charge in [-0.2, -0.15) is 0 Å². The summed E-state index contributed by atoms with van der Waals surface area (Å²) in [6, 6.07) is 35.0. The average Bonchev–Trinajstić information content (AvgIpc) is 3.15. The molecule has 0 aliphatic heterocycles. The van der Waals surface area contributed by atoms with Crippen LogP contribution in [0.2, 0.25) is 0 Å². The van der Waals surface area contributed by atoms with Crippen LogP contribution in [0.5, 0.6) is 0 Å². The van der Waals surface area contributed by atoms with Crippen LogP contribution in [0, 0.1) is 0 Å². The fourth-order valence-electron chi connectivity index (χ4n) is 4.62. The van der Waals surface area contributed by atoms with Crippen molar-refractivity contribution in [1.82, 2.24) is 4.98 Å². The highest BCUT2D eigenvalue weighted by Crippen LogP contribution is 2.47. The predicted molar refractivity (Wildman–Crippen MR) is 126 cm³/mol. The second-order valence-electron chi connectivity index (χ2n) is 7.93. The number of pyridine rings is 1. The molecular weight excluding hydrogens is 362 g/mol. The molecule has 0 saturated heterocycles. The van der Waals surface area contributed by atoms with Crippen molar-refractivity contribution in [3.8, 4) is 44.6 Å². The van der Waals surface area contributed by atoms with Crippen LogP contribution in [0.3, 0.4) is 0 Å². The van der Waals surface area contributed by atoms with Gasteiger partial charge in [-0.1, -0.05) is 85.8 Å². The Morgan fingerprint density at radius 3 is 2.07 bits per heavy atom. The van der Waals surface area contributed by atoms with Crippen LogP contribution in [0.4, 0.5) is 0 Å². The van der Waals surface area contributed by atoms with Gasteiger partial charge in [0, 0.05) is 10.9 Å². The van der Waals surface area contributed by atoms with E-state index in [1.165, 1.54) is 44.3 Å². The third-order valence-corrected chi connectivity index (χ3v) is 6.20.